The third kappa shape index (κ3) is 3.27. The molecular weight excluding hydrogens is 216 g/mol. The molecule has 86 valence electrons. The fourth-order valence-corrected chi connectivity index (χ4v) is 1.39. The number of carbonyl (C=O) groups is 1. The fraction of sp³-hybridized carbons (Fsp3) is 0.0833. The van der Waals surface area contributed by atoms with Crippen molar-refractivity contribution >= 4 is 11.7 Å². The number of rotatable bonds is 0. The number of para-hydroxylation sites is 1. The maximum atomic E-state index is 10.8. The molecule has 0 bridgehead atoms. The Balaban J connectivity index is 0.000000153. The van der Waals surface area contributed by atoms with E-state index in [2.05, 4.69) is 20.6 Å². The average Bonchev–Trinajstić information content (AvgIpc) is 2.41. The monoisotopic (exact) mass is 228 g/mol. The van der Waals surface area contributed by atoms with Gasteiger partial charge in [-0.15, -0.1) is 0 Å². The van der Waals surface area contributed by atoms with Crippen molar-refractivity contribution in [3.8, 4) is 0 Å². The third-order valence-electron chi connectivity index (χ3n) is 2.18. The molecule has 2 amide bonds. The van der Waals surface area contributed by atoms with E-state index in [9.17, 15) is 4.79 Å². The van der Waals surface area contributed by atoms with Crippen LogP contribution in [0.5, 0.6) is 0 Å². The Labute approximate surface area is 98.9 Å². The van der Waals surface area contributed by atoms with E-state index in [0.717, 1.165) is 11.3 Å². The predicted octanol–water partition coefficient (Wildman–Crippen LogP) is 1.80. The lowest BCUT2D eigenvalue weighted by atomic mass is 10.1. The van der Waals surface area contributed by atoms with E-state index < -0.39 is 0 Å². The van der Waals surface area contributed by atoms with Gasteiger partial charge in [0.05, 0.1) is 0 Å². The second kappa shape index (κ2) is 5.60. The van der Waals surface area contributed by atoms with Crippen LogP contribution in [-0.2, 0) is 6.54 Å². The highest BCUT2D eigenvalue weighted by Crippen LogP contribution is 2.16. The first-order valence-electron chi connectivity index (χ1n) is 5.19. The summed E-state index contributed by atoms with van der Waals surface area (Å²) in [4.78, 5) is 18.2. The molecule has 0 aliphatic carbocycles. The van der Waals surface area contributed by atoms with Gasteiger partial charge in [0.2, 0.25) is 0 Å². The van der Waals surface area contributed by atoms with E-state index >= 15 is 0 Å². The molecule has 0 saturated carbocycles. The van der Waals surface area contributed by atoms with Crippen molar-refractivity contribution in [2.75, 3.05) is 5.32 Å². The summed E-state index contributed by atoms with van der Waals surface area (Å²) < 4.78 is 0. The summed E-state index contributed by atoms with van der Waals surface area (Å²) in [6, 6.07) is 9.40. The van der Waals surface area contributed by atoms with Crippen molar-refractivity contribution < 1.29 is 4.79 Å². The molecule has 0 spiro atoms. The van der Waals surface area contributed by atoms with Gasteiger partial charge >= 0.3 is 6.03 Å². The maximum Gasteiger partial charge on any atom is 0.319 e. The van der Waals surface area contributed by atoms with Crippen molar-refractivity contribution in [1.82, 2.24) is 15.3 Å². The van der Waals surface area contributed by atoms with Gasteiger partial charge in [-0.2, -0.15) is 0 Å². The van der Waals surface area contributed by atoms with Crippen LogP contribution in [0.2, 0.25) is 0 Å². The molecule has 0 fully saturated rings. The highest BCUT2D eigenvalue weighted by atomic mass is 16.2. The normalized spacial score (nSPS) is 12.4. The SMILES string of the molecule is O=C1NCc2ccccc2N1.c1cncnc1. The molecule has 2 heterocycles. The van der Waals surface area contributed by atoms with Crippen molar-refractivity contribution in [2.24, 2.45) is 0 Å². The van der Waals surface area contributed by atoms with Gasteiger partial charge < -0.3 is 10.6 Å². The summed E-state index contributed by atoms with van der Waals surface area (Å²) in [5, 5.41) is 5.40. The zero-order valence-corrected chi connectivity index (χ0v) is 9.13. The second-order valence-corrected chi connectivity index (χ2v) is 3.37. The Hall–Kier alpha value is -2.43. The lowest BCUT2D eigenvalue weighted by Gasteiger charge is -2.17. The number of hydrogen-bond acceptors (Lipinski definition) is 3. The van der Waals surface area contributed by atoms with Crippen molar-refractivity contribution in [1.29, 1.82) is 0 Å². The van der Waals surface area contributed by atoms with Gasteiger partial charge in [0.15, 0.2) is 0 Å². The van der Waals surface area contributed by atoms with Crippen molar-refractivity contribution in [2.45, 2.75) is 6.54 Å². The molecule has 0 unspecified atom stereocenters. The maximum absolute atomic E-state index is 10.8. The number of benzene rings is 1. The van der Waals surface area contributed by atoms with Crippen LogP contribution in [-0.4, -0.2) is 16.0 Å². The number of urea groups is 1. The van der Waals surface area contributed by atoms with E-state index in [0.29, 0.717) is 6.54 Å². The smallest absolute Gasteiger partial charge is 0.319 e. The standard InChI is InChI=1S/C8H8N2O.C4H4N2/c11-8-9-5-6-3-1-2-4-7(6)10-8;1-2-5-4-6-3-1/h1-4H,5H2,(H2,9,10,11);1-4H. The number of hydrogen-bond donors (Lipinski definition) is 2. The summed E-state index contributed by atoms with van der Waals surface area (Å²) in [6.45, 7) is 0.627. The van der Waals surface area contributed by atoms with Gasteiger partial charge in [0.1, 0.15) is 6.33 Å². The zero-order chi connectivity index (χ0) is 11.9. The summed E-state index contributed by atoms with van der Waals surface area (Å²) in [5.41, 5.74) is 2.04. The highest BCUT2D eigenvalue weighted by Gasteiger charge is 2.11. The number of amides is 2. The second-order valence-electron chi connectivity index (χ2n) is 3.37. The van der Waals surface area contributed by atoms with Crippen LogP contribution in [0.25, 0.3) is 0 Å². The lowest BCUT2D eigenvalue weighted by molar-refractivity contribution is 0.251. The number of nitrogens with zero attached hydrogens (tertiary/aromatic N) is 2. The fourth-order valence-electron chi connectivity index (χ4n) is 1.39. The molecule has 0 saturated heterocycles. The van der Waals surface area contributed by atoms with Crippen molar-refractivity contribution in [3.05, 3.63) is 54.6 Å². The molecule has 2 aromatic rings. The summed E-state index contributed by atoms with van der Waals surface area (Å²) >= 11 is 0. The lowest BCUT2D eigenvalue weighted by Crippen LogP contribution is -2.33. The van der Waals surface area contributed by atoms with Gasteiger partial charge in [-0.1, -0.05) is 18.2 Å². The molecule has 2 N–H and O–H groups in total. The number of fused-ring (bicyclic) bond motifs is 1. The van der Waals surface area contributed by atoms with Gasteiger partial charge in [0, 0.05) is 24.6 Å². The Bertz CT molecular complexity index is 460. The molecule has 5 nitrogen and oxygen atoms in total. The van der Waals surface area contributed by atoms with Gasteiger partial charge in [0.25, 0.3) is 0 Å². The van der Waals surface area contributed by atoms with Gasteiger partial charge in [-0.25, -0.2) is 14.8 Å². The molecule has 5 heteroatoms. The Morgan fingerprint density at radius 2 is 1.82 bits per heavy atom. The van der Waals surface area contributed by atoms with E-state index in [4.69, 9.17) is 0 Å². The molecule has 0 radical (unpaired) electrons. The predicted molar refractivity (Wildman–Crippen MR) is 64.3 cm³/mol. The molecule has 1 aliphatic rings. The van der Waals surface area contributed by atoms with E-state index in [1.807, 2.05) is 24.3 Å². The summed E-state index contributed by atoms with van der Waals surface area (Å²) in [5.74, 6) is 0. The molecule has 1 aromatic carbocycles. The molecule has 3 rings (SSSR count). The minimum Gasteiger partial charge on any atom is -0.334 e. The van der Waals surface area contributed by atoms with Crippen LogP contribution < -0.4 is 10.6 Å². The van der Waals surface area contributed by atoms with Crippen molar-refractivity contribution in [3.63, 3.8) is 0 Å². The van der Waals surface area contributed by atoms with Crippen LogP contribution in [0.4, 0.5) is 10.5 Å². The topological polar surface area (TPSA) is 66.9 Å². The minimum absolute atomic E-state index is 0.122. The molecular formula is C12H12N4O. The van der Waals surface area contributed by atoms with E-state index in [1.54, 1.807) is 18.5 Å². The van der Waals surface area contributed by atoms with E-state index in [-0.39, 0.29) is 6.03 Å². The first-order valence-corrected chi connectivity index (χ1v) is 5.19. The van der Waals surface area contributed by atoms with E-state index in [1.165, 1.54) is 6.33 Å². The number of carbonyl (C=O) groups excluding carboxylic acids is 1. The van der Waals surface area contributed by atoms with Gasteiger partial charge in [-0.05, 0) is 17.7 Å². The largest absolute Gasteiger partial charge is 0.334 e. The van der Waals surface area contributed by atoms with Crippen LogP contribution in [0, 0.1) is 0 Å². The highest BCUT2D eigenvalue weighted by molar-refractivity contribution is 5.92. The number of anilines is 1. The quantitative estimate of drug-likeness (QED) is 0.722. The molecule has 0 atom stereocenters. The molecule has 1 aliphatic heterocycles. The summed E-state index contributed by atoms with van der Waals surface area (Å²) in [7, 11) is 0. The molecule has 1 aromatic heterocycles. The van der Waals surface area contributed by atoms with Gasteiger partial charge in [-0.3, -0.25) is 0 Å². The average molecular weight is 228 g/mol. The Kier molecular flexibility index (Phi) is 3.64. The number of aromatic nitrogens is 2. The third-order valence-corrected chi connectivity index (χ3v) is 2.18. The van der Waals surface area contributed by atoms with Crippen LogP contribution in [0.15, 0.2) is 49.1 Å². The first kappa shape index (κ1) is 11.1. The van der Waals surface area contributed by atoms with Crippen LogP contribution >= 0.6 is 0 Å². The Morgan fingerprint density at radius 1 is 1.06 bits per heavy atom. The number of nitrogens with one attached hydrogen (secondary N) is 2. The molecule has 17 heavy (non-hydrogen) atoms. The minimum atomic E-state index is -0.122. The first-order chi connectivity index (χ1) is 8.36. The Morgan fingerprint density at radius 3 is 2.47 bits per heavy atom. The van der Waals surface area contributed by atoms with Crippen LogP contribution in [0.1, 0.15) is 5.56 Å². The van der Waals surface area contributed by atoms with Crippen LogP contribution in [0.3, 0.4) is 0 Å². The zero-order valence-electron chi connectivity index (χ0n) is 9.13. The summed E-state index contributed by atoms with van der Waals surface area (Å²) in [6.07, 6.45) is 4.88.